The van der Waals surface area contributed by atoms with Gasteiger partial charge in [0.15, 0.2) is 0 Å². The average molecular weight is 353 g/mol. The van der Waals surface area contributed by atoms with Crippen LogP contribution in [0.25, 0.3) is 0 Å². The highest BCUT2D eigenvalue weighted by atomic mass is 79.9. The van der Waals surface area contributed by atoms with E-state index in [0.717, 1.165) is 10.0 Å². The molecule has 1 N–H and O–H groups in total. The zero-order chi connectivity index (χ0) is 15.4. The molecule has 21 heavy (non-hydrogen) atoms. The summed E-state index contributed by atoms with van der Waals surface area (Å²) in [5.74, 6) is 0.358. The number of carbonyl (C=O) groups excluding carboxylic acids is 2. The van der Waals surface area contributed by atoms with Crippen molar-refractivity contribution in [3.8, 4) is 0 Å². The van der Waals surface area contributed by atoms with Crippen LogP contribution >= 0.6 is 15.9 Å². The Hall–Kier alpha value is -1.36. The number of nitrogens with one attached hydrogen (secondary N) is 1. The van der Waals surface area contributed by atoms with Crippen LogP contribution in [0.3, 0.4) is 0 Å². The Kier molecular flexibility index (Phi) is 5.39. The maximum Gasteiger partial charge on any atom is 0.245 e. The highest BCUT2D eigenvalue weighted by Gasteiger charge is 2.30. The molecular weight excluding hydrogens is 332 g/mol. The molecule has 0 spiro atoms. The van der Waals surface area contributed by atoms with Gasteiger partial charge in [-0.1, -0.05) is 41.9 Å². The second-order valence-electron chi connectivity index (χ2n) is 5.89. The molecule has 1 saturated heterocycles. The van der Waals surface area contributed by atoms with Crippen LogP contribution in [0.1, 0.15) is 32.3 Å². The summed E-state index contributed by atoms with van der Waals surface area (Å²) in [7, 11) is 0. The average Bonchev–Trinajstić information content (AvgIpc) is 2.54. The lowest BCUT2D eigenvalue weighted by atomic mass is 10.0. The molecule has 0 bridgehead atoms. The largest absolute Gasteiger partial charge is 0.344 e. The van der Waals surface area contributed by atoms with Crippen molar-refractivity contribution in [1.29, 1.82) is 0 Å². The monoisotopic (exact) mass is 352 g/mol. The molecule has 2 rings (SSSR count). The number of rotatable bonds is 4. The number of carbonyl (C=O) groups is 2. The van der Waals surface area contributed by atoms with Crippen LogP contribution in [0.15, 0.2) is 28.7 Å². The third-order valence-electron chi connectivity index (χ3n) is 3.55. The first kappa shape index (κ1) is 16.0. The standard InChI is InChI=1S/C16H21BrN2O2/c1-11(2)9-14-16(21)19(8-7-15(20)18-14)10-12-3-5-13(17)6-4-12/h3-6,11,14H,7-10H2,1-2H3,(H,18,20). The summed E-state index contributed by atoms with van der Waals surface area (Å²) >= 11 is 3.40. The van der Waals surface area contributed by atoms with E-state index in [4.69, 9.17) is 0 Å². The molecule has 0 aromatic heterocycles. The second-order valence-corrected chi connectivity index (χ2v) is 6.80. The highest BCUT2D eigenvalue weighted by molar-refractivity contribution is 9.10. The molecule has 1 aromatic carbocycles. The van der Waals surface area contributed by atoms with Gasteiger partial charge in [-0.3, -0.25) is 9.59 Å². The van der Waals surface area contributed by atoms with Gasteiger partial charge in [-0.15, -0.1) is 0 Å². The van der Waals surface area contributed by atoms with Crippen molar-refractivity contribution in [3.63, 3.8) is 0 Å². The summed E-state index contributed by atoms with van der Waals surface area (Å²) in [5, 5.41) is 2.85. The summed E-state index contributed by atoms with van der Waals surface area (Å²) in [5.41, 5.74) is 1.07. The summed E-state index contributed by atoms with van der Waals surface area (Å²) in [6, 6.07) is 7.53. The Balaban J connectivity index is 2.11. The van der Waals surface area contributed by atoms with Crippen molar-refractivity contribution < 1.29 is 9.59 Å². The van der Waals surface area contributed by atoms with Crippen molar-refractivity contribution in [2.45, 2.75) is 39.3 Å². The van der Waals surface area contributed by atoms with Crippen LogP contribution in [0, 0.1) is 5.92 Å². The van der Waals surface area contributed by atoms with Crippen LogP contribution < -0.4 is 5.32 Å². The first-order chi connectivity index (χ1) is 9.95. The van der Waals surface area contributed by atoms with Crippen molar-refractivity contribution in [2.75, 3.05) is 6.54 Å². The number of amides is 2. The maximum atomic E-state index is 12.6. The highest BCUT2D eigenvalue weighted by Crippen LogP contribution is 2.16. The molecule has 0 radical (unpaired) electrons. The van der Waals surface area contributed by atoms with E-state index in [1.165, 1.54) is 0 Å². The van der Waals surface area contributed by atoms with E-state index < -0.39 is 6.04 Å². The van der Waals surface area contributed by atoms with Gasteiger partial charge in [0.1, 0.15) is 6.04 Å². The lowest BCUT2D eigenvalue weighted by Crippen LogP contribution is -2.45. The molecule has 0 aliphatic carbocycles. The minimum atomic E-state index is -0.393. The molecule has 0 saturated carbocycles. The van der Waals surface area contributed by atoms with Crippen LogP contribution in [0.2, 0.25) is 0 Å². The number of hydrogen-bond donors (Lipinski definition) is 1. The quantitative estimate of drug-likeness (QED) is 0.905. The van der Waals surface area contributed by atoms with Crippen molar-refractivity contribution in [2.24, 2.45) is 5.92 Å². The molecule has 1 aromatic rings. The van der Waals surface area contributed by atoms with Crippen molar-refractivity contribution in [1.82, 2.24) is 10.2 Å². The van der Waals surface area contributed by atoms with Crippen LogP contribution in [0.5, 0.6) is 0 Å². The number of nitrogens with zero attached hydrogens (tertiary/aromatic N) is 1. The smallest absolute Gasteiger partial charge is 0.245 e. The van der Waals surface area contributed by atoms with Gasteiger partial charge < -0.3 is 10.2 Å². The molecule has 1 atom stereocenters. The summed E-state index contributed by atoms with van der Waals surface area (Å²) in [4.78, 5) is 26.2. The lowest BCUT2D eigenvalue weighted by Gasteiger charge is -2.25. The zero-order valence-corrected chi connectivity index (χ0v) is 14.0. The fourth-order valence-electron chi connectivity index (χ4n) is 2.49. The molecule has 5 heteroatoms. The van der Waals surface area contributed by atoms with Crippen LogP contribution in [-0.4, -0.2) is 29.3 Å². The molecule has 1 aliphatic heterocycles. The lowest BCUT2D eigenvalue weighted by molar-refractivity contribution is -0.134. The fraction of sp³-hybridized carbons (Fsp3) is 0.500. The molecule has 2 amide bonds. The molecule has 4 nitrogen and oxygen atoms in total. The molecule has 1 heterocycles. The number of hydrogen-bond acceptors (Lipinski definition) is 2. The van der Waals surface area contributed by atoms with Gasteiger partial charge in [-0.2, -0.15) is 0 Å². The predicted molar refractivity (Wildman–Crippen MR) is 85.6 cm³/mol. The minimum Gasteiger partial charge on any atom is -0.344 e. The number of halogens is 1. The number of benzene rings is 1. The Morgan fingerprint density at radius 1 is 1.29 bits per heavy atom. The summed E-state index contributed by atoms with van der Waals surface area (Å²) < 4.78 is 1.02. The first-order valence-electron chi connectivity index (χ1n) is 7.28. The Labute approximate surface area is 134 Å². The molecule has 1 unspecified atom stereocenters. The second kappa shape index (κ2) is 7.07. The maximum absolute atomic E-state index is 12.6. The Bertz CT molecular complexity index is 514. The molecule has 1 fully saturated rings. The van der Waals surface area contributed by atoms with Gasteiger partial charge in [0.25, 0.3) is 0 Å². The molecule has 114 valence electrons. The third kappa shape index (κ3) is 4.56. The summed E-state index contributed by atoms with van der Waals surface area (Å²) in [6.07, 6.45) is 1.05. The van der Waals surface area contributed by atoms with Gasteiger partial charge in [0.05, 0.1) is 0 Å². The van der Waals surface area contributed by atoms with E-state index in [0.29, 0.717) is 31.8 Å². The Morgan fingerprint density at radius 2 is 1.95 bits per heavy atom. The first-order valence-corrected chi connectivity index (χ1v) is 8.07. The van der Waals surface area contributed by atoms with Crippen molar-refractivity contribution >= 4 is 27.7 Å². The van der Waals surface area contributed by atoms with Gasteiger partial charge in [-0.25, -0.2) is 0 Å². The topological polar surface area (TPSA) is 49.4 Å². The van der Waals surface area contributed by atoms with E-state index in [1.807, 2.05) is 24.3 Å². The van der Waals surface area contributed by atoms with E-state index in [-0.39, 0.29) is 11.8 Å². The zero-order valence-electron chi connectivity index (χ0n) is 12.4. The minimum absolute atomic E-state index is 0.0254. The van der Waals surface area contributed by atoms with Gasteiger partial charge in [0.2, 0.25) is 11.8 Å². The fourth-order valence-corrected chi connectivity index (χ4v) is 2.76. The predicted octanol–water partition coefficient (Wildman–Crippen LogP) is 2.71. The van der Waals surface area contributed by atoms with Gasteiger partial charge in [0, 0.05) is 24.0 Å². The van der Waals surface area contributed by atoms with E-state index >= 15 is 0 Å². The van der Waals surface area contributed by atoms with Crippen LogP contribution in [0.4, 0.5) is 0 Å². The molecular formula is C16H21BrN2O2. The normalized spacial score (nSPS) is 19.6. The molecule has 1 aliphatic rings. The third-order valence-corrected chi connectivity index (χ3v) is 4.08. The van der Waals surface area contributed by atoms with E-state index in [9.17, 15) is 9.59 Å². The van der Waals surface area contributed by atoms with E-state index in [2.05, 4.69) is 35.1 Å². The SMILES string of the molecule is CC(C)CC1NC(=O)CCN(Cc2ccc(Br)cc2)C1=O. The van der Waals surface area contributed by atoms with Crippen molar-refractivity contribution in [3.05, 3.63) is 34.3 Å². The Morgan fingerprint density at radius 3 is 2.57 bits per heavy atom. The van der Waals surface area contributed by atoms with Gasteiger partial charge >= 0.3 is 0 Å². The van der Waals surface area contributed by atoms with Gasteiger partial charge in [-0.05, 0) is 30.0 Å². The van der Waals surface area contributed by atoms with Crippen LogP contribution in [-0.2, 0) is 16.1 Å². The van der Waals surface area contributed by atoms with E-state index in [1.54, 1.807) is 4.90 Å². The summed E-state index contributed by atoms with van der Waals surface area (Å²) in [6.45, 7) is 5.15.